The molecule has 1 aromatic carbocycles. The van der Waals surface area contributed by atoms with Gasteiger partial charge in [-0.2, -0.15) is 31.6 Å². The number of nitrogens with zero attached hydrogens (tertiary/aromatic N) is 4. The highest BCUT2D eigenvalue weighted by Crippen LogP contribution is 2.48. The maximum absolute atomic E-state index is 13.3. The van der Waals surface area contributed by atoms with Crippen molar-refractivity contribution in [1.82, 2.24) is 14.7 Å². The van der Waals surface area contributed by atoms with Crippen molar-refractivity contribution in [2.75, 3.05) is 13.1 Å². The maximum atomic E-state index is 13.3. The van der Waals surface area contributed by atoms with E-state index in [-0.39, 0.29) is 30.1 Å². The summed E-state index contributed by atoms with van der Waals surface area (Å²) in [6, 6.07) is -0.0555. The number of benzene rings is 1. The molecule has 2 bridgehead atoms. The Kier molecular flexibility index (Phi) is 5.99. The smallest absolute Gasteiger partial charge is 0.330 e. The lowest BCUT2D eigenvalue weighted by Gasteiger charge is -2.39. The number of nitriles is 1. The number of fused-ring (bicyclic) bond motifs is 3. The number of hydrogen-bond donors (Lipinski definition) is 1. The Morgan fingerprint density at radius 1 is 1.11 bits per heavy atom. The van der Waals surface area contributed by atoms with E-state index in [2.05, 4.69) is 6.07 Å². The van der Waals surface area contributed by atoms with Crippen LogP contribution in [0.5, 0.6) is 0 Å². The van der Waals surface area contributed by atoms with E-state index in [1.165, 1.54) is 11.8 Å². The summed E-state index contributed by atoms with van der Waals surface area (Å²) in [5, 5.41) is 9.34. The van der Waals surface area contributed by atoms with Crippen molar-refractivity contribution in [1.29, 1.82) is 5.26 Å². The minimum absolute atomic E-state index is 0.0326. The second-order valence-electron chi connectivity index (χ2n) is 10.4. The molecule has 13 heteroatoms. The third-order valence-corrected chi connectivity index (χ3v) is 8.08. The average Bonchev–Trinajstić information content (AvgIpc) is 3.15. The summed E-state index contributed by atoms with van der Waals surface area (Å²) in [4.78, 5) is 30.8. The second kappa shape index (κ2) is 8.59. The molecule has 3 aliphatic heterocycles. The molecular weight excluding hydrogens is 504 g/mol. The first-order chi connectivity index (χ1) is 17.2. The van der Waals surface area contributed by atoms with Crippen LogP contribution in [0.15, 0.2) is 18.2 Å². The number of carbonyl (C=O) groups is 2. The largest absolute Gasteiger partial charge is 0.416 e. The zero-order chi connectivity index (χ0) is 27.0. The predicted molar refractivity (Wildman–Crippen MR) is 116 cm³/mol. The van der Waals surface area contributed by atoms with Gasteiger partial charge in [0, 0.05) is 25.2 Å². The molecule has 2 amide bonds. The van der Waals surface area contributed by atoms with Gasteiger partial charge in [0.1, 0.15) is 6.04 Å². The van der Waals surface area contributed by atoms with Crippen molar-refractivity contribution in [2.24, 2.45) is 11.7 Å². The number of hydrogen-bond acceptors (Lipinski definition) is 5. The van der Waals surface area contributed by atoms with Gasteiger partial charge in [0.25, 0.3) is 0 Å². The summed E-state index contributed by atoms with van der Waals surface area (Å²) in [5.41, 5.74) is 3.06. The molecule has 4 aliphatic rings. The topological polar surface area (TPSA) is 93.7 Å². The predicted octanol–water partition coefficient (Wildman–Crippen LogP) is 2.91. The highest BCUT2D eigenvalue weighted by atomic mass is 19.4. The molecule has 37 heavy (non-hydrogen) atoms. The number of likely N-dealkylation sites (tertiary alicyclic amines) is 3. The number of piperazine rings is 1. The number of halogens is 6. The third kappa shape index (κ3) is 4.44. The SMILES string of the molecule is C[C@@H](c1cc(C(F)(F)F)cc(C(F)(F)F)c1)N1C(=O)[C@@H]2CC1CN2C[C@H](N)C(=O)N1C2C[C@H]2C[C@H]1C#N. The normalized spacial score (nSPS) is 30.9. The van der Waals surface area contributed by atoms with Crippen LogP contribution in [-0.2, 0) is 21.9 Å². The molecule has 0 radical (unpaired) electrons. The van der Waals surface area contributed by atoms with Crippen LogP contribution in [0.3, 0.4) is 0 Å². The Hall–Kier alpha value is -2.85. The van der Waals surface area contributed by atoms with E-state index in [4.69, 9.17) is 5.73 Å². The molecule has 200 valence electrons. The summed E-state index contributed by atoms with van der Waals surface area (Å²) in [5.74, 6) is -0.442. The molecule has 1 saturated carbocycles. The Balaban J connectivity index is 1.30. The lowest BCUT2D eigenvalue weighted by atomic mass is 9.98. The lowest BCUT2D eigenvalue weighted by Crippen LogP contribution is -2.57. The van der Waals surface area contributed by atoms with Gasteiger partial charge in [-0.25, -0.2) is 0 Å². The Labute approximate surface area is 208 Å². The van der Waals surface area contributed by atoms with Crippen molar-refractivity contribution >= 4 is 11.8 Å². The van der Waals surface area contributed by atoms with Crippen LogP contribution in [0, 0.1) is 17.2 Å². The van der Waals surface area contributed by atoms with Gasteiger partial charge in [0.2, 0.25) is 11.8 Å². The number of piperidine rings is 1. The molecule has 2 N–H and O–H groups in total. The van der Waals surface area contributed by atoms with Crippen molar-refractivity contribution < 1.29 is 35.9 Å². The van der Waals surface area contributed by atoms with E-state index in [0.717, 1.165) is 6.42 Å². The molecule has 3 saturated heterocycles. The maximum Gasteiger partial charge on any atom is 0.416 e. The molecule has 4 fully saturated rings. The molecule has 0 spiro atoms. The highest BCUT2D eigenvalue weighted by Gasteiger charge is 2.56. The fourth-order valence-electron chi connectivity index (χ4n) is 6.19. The molecule has 3 heterocycles. The van der Waals surface area contributed by atoms with Gasteiger partial charge in [-0.3, -0.25) is 14.5 Å². The molecule has 1 aromatic rings. The molecule has 7 atom stereocenters. The van der Waals surface area contributed by atoms with Gasteiger partial charge in [-0.15, -0.1) is 0 Å². The summed E-state index contributed by atoms with van der Waals surface area (Å²) >= 11 is 0. The number of alkyl halides is 6. The molecular formula is C24H25F6N5O2. The zero-order valence-electron chi connectivity index (χ0n) is 19.8. The van der Waals surface area contributed by atoms with Crippen molar-refractivity contribution in [2.45, 2.75) is 74.8 Å². The fourth-order valence-corrected chi connectivity index (χ4v) is 6.19. The molecule has 5 rings (SSSR count). The minimum Gasteiger partial charge on any atom is -0.330 e. The van der Waals surface area contributed by atoms with Gasteiger partial charge in [-0.05, 0) is 55.9 Å². The first-order valence-electron chi connectivity index (χ1n) is 12.0. The van der Waals surface area contributed by atoms with Crippen molar-refractivity contribution in [3.05, 3.63) is 34.9 Å². The third-order valence-electron chi connectivity index (χ3n) is 8.08. The highest BCUT2D eigenvalue weighted by molar-refractivity contribution is 5.87. The van der Waals surface area contributed by atoms with Crippen molar-refractivity contribution in [3.63, 3.8) is 0 Å². The van der Waals surface area contributed by atoms with E-state index in [9.17, 15) is 41.2 Å². The molecule has 2 unspecified atom stereocenters. The zero-order valence-corrected chi connectivity index (χ0v) is 19.8. The van der Waals surface area contributed by atoms with Gasteiger partial charge >= 0.3 is 12.4 Å². The summed E-state index contributed by atoms with van der Waals surface area (Å²) in [7, 11) is 0. The lowest BCUT2D eigenvalue weighted by molar-refractivity contribution is -0.143. The quantitative estimate of drug-likeness (QED) is 0.593. The number of nitrogens with two attached hydrogens (primary N) is 1. The van der Waals surface area contributed by atoms with E-state index in [0.29, 0.717) is 37.4 Å². The Bertz CT molecular complexity index is 1130. The number of rotatable bonds is 5. The Morgan fingerprint density at radius 3 is 2.27 bits per heavy atom. The van der Waals surface area contributed by atoms with E-state index >= 15 is 0 Å². The monoisotopic (exact) mass is 529 g/mol. The van der Waals surface area contributed by atoms with Gasteiger partial charge < -0.3 is 15.5 Å². The van der Waals surface area contributed by atoms with Gasteiger partial charge in [0.15, 0.2) is 0 Å². The summed E-state index contributed by atoms with van der Waals surface area (Å²) in [6.07, 6.45) is -8.15. The average molecular weight is 529 g/mol. The summed E-state index contributed by atoms with van der Waals surface area (Å²) in [6.45, 7) is 1.78. The Morgan fingerprint density at radius 2 is 1.73 bits per heavy atom. The van der Waals surface area contributed by atoms with Crippen LogP contribution >= 0.6 is 0 Å². The number of carbonyl (C=O) groups excluding carboxylic acids is 2. The van der Waals surface area contributed by atoms with Crippen molar-refractivity contribution in [3.8, 4) is 6.07 Å². The van der Waals surface area contributed by atoms with Crippen LogP contribution in [0.2, 0.25) is 0 Å². The summed E-state index contributed by atoms with van der Waals surface area (Å²) < 4.78 is 79.9. The molecule has 1 aliphatic carbocycles. The van der Waals surface area contributed by atoms with Gasteiger partial charge in [-0.1, -0.05) is 0 Å². The van der Waals surface area contributed by atoms with Crippen LogP contribution in [0.1, 0.15) is 48.9 Å². The first kappa shape index (κ1) is 25.8. The molecule has 0 aromatic heterocycles. The standard InChI is InChI=1S/C24H25F6N5O2/c1-11(12-2-14(23(25,26)27)6-15(3-12)24(28,29)30)34-17-7-20(22(34)37)33(9-17)10-18(32)21(36)35-16(8-31)4-13-5-19(13)35/h2-3,6,11,13,16-20H,4-5,7,9-10,32H2,1H3/t11-,13+,16-,17?,18-,19?,20-/m0/s1. The van der Waals surface area contributed by atoms with Gasteiger partial charge in [0.05, 0.1) is 35.3 Å². The minimum atomic E-state index is -4.98. The van der Waals surface area contributed by atoms with Crippen LogP contribution in [0.4, 0.5) is 26.3 Å². The number of amides is 2. The first-order valence-corrected chi connectivity index (χ1v) is 12.0. The van der Waals surface area contributed by atoms with E-state index in [1.807, 2.05) is 0 Å². The van der Waals surface area contributed by atoms with Crippen LogP contribution < -0.4 is 5.73 Å². The van der Waals surface area contributed by atoms with E-state index in [1.54, 1.807) is 9.80 Å². The second-order valence-corrected chi connectivity index (χ2v) is 10.4. The fraction of sp³-hybridized carbons (Fsp3) is 0.625. The molecule has 7 nitrogen and oxygen atoms in total. The van der Waals surface area contributed by atoms with Crippen LogP contribution in [-0.4, -0.2) is 69.8 Å². The van der Waals surface area contributed by atoms with E-state index < -0.39 is 59.6 Å². The van der Waals surface area contributed by atoms with Crippen LogP contribution in [0.25, 0.3) is 0 Å².